The lowest BCUT2D eigenvalue weighted by Gasteiger charge is -2.18. The highest BCUT2D eigenvalue weighted by Crippen LogP contribution is 2.44. The molecule has 5 nitrogen and oxygen atoms in total. The molecule has 0 aliphatic carbocycles. The van der Waals surface area contributed by atoms with E-state index in [0.717, 1.165) is 122 Å². The predicted octanol–water partition coefficient (Wildman–Crippen LogP) is 20.3. The van der Waals surface area contributed by atoms with Crippen molar-refractivity contribution in [1.29, 1.82) is 0 Å². The molecule has 0 bridgehead atoms. The maximum Gasteiger partial charge on any atom is 0.416 e. The Balaban J connectivity index is 1.06. The van der Waals surface area contributed by atoms with Gasteiger partial charge in [-0.1, -0.05) is 210 Å². The number of benzene rings is 11. The quantitative estimate of drug-likeness (QED) is 0.145. The maximum absolute atomic E-state index is 15.5. The standard InChI is InChI=1S/C75H54F3N5/c1-45-13-9-19-51(35-45)55-24-29-60-61-30-25-56(52-20-10-14-46(2)36-52)41-69(61)82(68(60)40-55)66-33-23-49(5)39-64(66)73-79-72(50-17-7-6-8-18-50)80-74(81-73)65-44-59(75(76,77)78)28-34-67(65)83-70-42-57(53-21-11-15-47(3)37-53)26-31-62(70)63-32-27-58(43-71(63)83)54-22-12-16-48(4)38-54/h6-44H,1-5H3. The van der Waals surface area contributed by atoms with Crippen molar-refractivity contribution in [3.8, 4) is 90.0 Å². The van der Waals surface area contributed by atoms with E-state index in [1.165, 1.54) is 12.1 Å². The first kappa shape index (κ1) is 51.0. The fourth-order valence-electron chi connectivity index (χ4n) is 12.0. The van der Waals surface area contributed by atoms with Gasteiger partial charge >= 0.3 is 6.18 Å². The van der Waals surface area contributed by atoms with Gasteiger partial charge in [-0.2, -0.15) is 13.2 Å². The van der Waals surface area contributed by atoms with Gasteiger partial charge in [0.15, 0.2) is 17.5 Å². The smallest absolute Gasteiger partial charge is 0.308 e. The van der Waals surface area contributed by atoms with E-state index in [9.17, 15) is 0 Å². The summed E-state index contributed by atoms with van der Waals surface area (Å²) < 4.78 is 50.8. The first-order chi connectivity index (χ1) is 40.3. The predicted molar refractivity (Wildman–Crippen MR) is 335 cm³/mol. The van der Waals surface area contributed by atoms with Gasteiger partial charge in [0.05, 0.1) is 39.0 Å². The number of hydrogen-bond donors (Lipinski definition) is 0. The number of aryl methyl sites for hydroxylation is 5. The highest BCUT2D eigenvalue weighted by Gasteiger charge is 2.33. The monoisotopic (exact) mass is 1080 g/mol. The van der Waals surface area contributed by atoms with Gasteiger partial charge in [-0.25, -0.2) is 15.0 Å². The molecule has 3 aromatic heterocycles. The van der Waals surface area contributed by atoms with Gasteiger partial charge in [-0.3, -0.25) is 0 Å². The van der Waals surface area contributed by atoms with Crippen molar-refractivity contribution < 1.29 is 13.2 Å². The molecule has 0 fully saturated rings. The largest absolute Gasteiger partial charge is 0.416 e. The van der Waals surface area contributed by atoms with Crippen molar-refractivity contribution in [2.75, 3.05) is 0 Å². The maximum atomic E-state index is 15.5. The summed E-state index contributed by atoms with van der Waals surface area (Å²) in [7, 11) is 0. The molecule has 0 aliphatic rings. The fraction of sp³-hybridized carbons (Fsp3) is 0.0800. The minimum atomic E-state index is -4.70. The molecule has 0 saturated heterocycles. The zero-order chi connectivity index (χ0) is 56.7. The van der Waals surface area contributed by atoms with Crippen molar-refractivity contribution in [2.45, 2.75) is 40.8 Å². The number of alkyl halides is 3. The molecule has 3 heterocycles. The lowest BCUT2D eigenvalue weighted by molar-refractivity contribution is -0.137. The average Bonchev–Trinajstić information content (AvgIpc) is 2.15. The summed E-state index contributed by atoms with van der Waals surface area (Å²) in [6, 6.07) is 79.7. The Morgan fingerprint density at radius 3 is 0.976 bits per heavy atom. The summed E-state index contributed by atoms with van der Waals surface area (Å²) in [5.74, 6) is 0.715. The van der Waals surface area contributed by atoms with E-state index in [-0.39, 0.29) is 11.4 Å². The number of aromatic nitrogens is 5. The molecule has 0 amide bonds. The topological polar surface area (TPSA) is 48.5 Å². The van der Waals surface area contributed by atoms with Crippen LogP contribution in [0.5, 0.6) is 0 Å². The van der Waals surface area contributed by atoms with Crippen LogP contribution in [0.25, 0.3) is 134 Å². The van der Waals surface area contributed by atoms with Gasteiger partial charge < -0.3 is 9.13 Å². The molecule has 0 spiro atoms. The normalized spacial score (nSPS) is 11.9. The van der Waals surface area contributed by atoms with Crippen molar-refractivity contribution >= 4 is 43.6 Å². The van der Waals surface area contributed by atoms with Crippen LogP contribution in [0.1, 0.15) is 33.4 Å². The number of hydrogen-bond acceptors (Lipinski definition) is 3. The summed E-state index contributed by atoms with van der Waals surface area (Å²) in [6.07, 6.45) is -4.70. The Morgan fingerprint density at radius 2 is 0.602 bits per heavy atom. The third-order valence-electron chi connectivity index (χ3n) is 16.0. The van der Waals surface area contributed by atoms with Crippen LogP contribution in [0, 0.1) is 34.6 Å². The van der Waals surface area contributed by atoms with Crippen LogP contribution >= 0.6 is 0 Å². The molecule has 400 valence electrons. The zero-order valence-electron chi connectivity index (χ0n) is 46.4. The van der Waals surface area contributed by atoms with Crippen molar-refractivity contribution in [3.63, 3.8) is 0 Å². The number of rotatable bonds is 9. The van der Waals surface area contributed by atoms with Crippen molar-refractivity contribution in [2.24, 2.45) is 0 Å². The van der Waals surface area contributed by atoms with Crippen molar-refractivity contribution in [1.82, 2.24) is 24.1 Å². The van der Waals surface area contributed by atoms with Crippen molar-refractivity contribution in [3.05, 3.63) is 270 Å². The molecular formula is C75H54F3N5. The van der Waals surface area contributed by atoms with E-state index >= 15 is 13.2 Å². The lowest BCUT2D eigenvalue weighted by Crippen LogP contribution is -2.09. The van der Waals surface area contributed by atoms with Gasteiger partial charge in [-0.05, 0) is 134 Å². The molecule has 8 heteroatoms. The Labute approximate surface area is 479 Å². The minimum Gasteiger partial charge on any atom is -0.308 e. The molecule has 14 aromatic rings. The highest BCUT2D eigenvalue weighted by atomic mass is 19.4. The third-order valence-corrected chi connectivity index (χ3v) is 16.0. The summed E-state index contributed by atoms with van der Waals surface area (Å²) >= 11 is 0. The van der Waals surface area contributed by atoms with Gasteiger partial charge in [0.2, 0.25) is 0 Å². The summed E-state index contributed by atoms with van der Waals surface area (Å²) in [6.45, 7) is 10.4. The second-order valence-electron chi connectivity index (χ2n) is 22.0. The number of fused-ring (bicyclic) bond motifs is 6. The molecule has 83 heavy (non-hydrogen) atoms. The Kier molecular flexibility index (Phi) is 12.4. The van der Waals surface area contributed by atoms with Crippen LogP contribution in [0.15, 0.2) is 237 Å². The molecule has 14 rings (SSSR count). The van der Waals surface area contributed by atoms with Crippen LogP contribution in [-0.2, 0) is 6.18 Å². The first-order valence-corrected chi connectivity index (χ1v) is 27.9. The molecule has 0 unspecified atom stereocenters. The van der Waals surface area contributed by atoms with Gasteiger partial charge in [0.25, 0.3) is 0 Å². The molecule has 0 atom stereocenters. The molecule has 11 aromatic carbocycles. The van der Waals surface area contributed by atoms with Crippen LogP contribution in [0.3, 0.4) is 0 Å². The minimum absolute atomic E-state index is 0.0905. The lowest BCUT2D eigenvalue weighted by atomic mass is 10.0. The van der Waals surface area contributed by atoms with E-state index in [1.54, 1.807) is 6.07 Å². The SMILES string of the molecule is Cc1cccc(-c2ccc3c4ccc(-c5cccc(C)c5)cc4n(-c4ccc(C)cc4-c4nc(-c5ccccc5)nc(-c5cc(C(F)(F)F)ccc5-n5c6cc(-c7cccc(C)c7)ccc6c6ccc(-c7cccc(C)c7)cc65)n4)c3c2)c1. The summed E-state index contributed by atoms with van der Waals surface area (Å²) in [4.78, 5) is 15.9. The van der Waals surface area contributed by atoms with E-state index in [2.05, 4.69) is 213 Å². The average molecular weight is 1080 g/mol. The van der Waals surface area contributed by atoms with Crippen LogP contribution < -0.4 is 0 Å². The van der Waals surface area contributed by atoms with Crippen LogP contribution in [0.2, 0.25) is 0 Å². The molecule has 0 N–H and O–H groups in total. The van der Waals surface area contributed by atoms with E-state index in [4.69, 9.17) is 15.0 Å². The molecular weight excluding hydrogens is 1030 g/mol. The Bertz CT molecular complexity index is 4710. The van der Waals surface area contributed by atoms with E-state index in [0.29, 0.717) is 28.5 Å². The third kappa shape index (κ3) is 9.32. The molecule has 0 saturated carbocycles. The zero-order valence-corrected chi connectivity index (χ0v) is 46.4. The first-order valence-electron chi connectivity index (χ1n) is 27.9. The number of nitrogens with zero attached hydrogens (tertiary/aromatic N) is 5. The van der Waals surface area contributed by atoms with E-state index < -0.39 is 11.7 Å². The van der Waals surface area contributed by atoms with Crippen LogP contribution in [0.4, 0.5) is 13.2 Å². The second-order valence-corrected chi connectivity index (χ2v) is 22.0. The number of halogens is 3. The van der Waals surface area contributed by atoms with Crippen LogP contribution in [-0.4, -0.2) is 24.1 Å². The van der Waals surface area contributed by atoms with Gasteiger partial charge in [-0.15, -0.1) is 0 Å². The van der Waals surface area contributed by atoms with Gasteiger partial charge in [0.1, 0.15) is 0 Å². The Hall–Kier alpha value is -10.2. The highest BCUT2D eigenvalue weighted by molar-refractivity contribution is 6.13. The fourth-order valence-corrected chi connectivity index (χ4v) is 12.0. The summed E-state index contributed by atoms with van der Waals surface area (Å²) in [5.41, 5.74) is 19.4. The second kappa shape index (κ2) is 20.1. The van der Waals surface area contributed by atoms with Gasteiger partial charge in [0, 0.05) is 38.2 Å². The van der Waals surface area contributed by atoms with E-state index in [1.807, 2.05) is 49.4 Å². The Morgan fingerprint density at radius 1 is 0.277 bits per heavy atom. The summed E-state index contributed by atoms with van der Waals surface area (Å²) in [5, 5.41) is 4.03. The molecule has 0 radical (unpaired) electrons. The molecule has 0 aliphatic heterocycles.